The Balaban J connectivity index is 2.89. The Morgan fingerprint density at radius 2 is 2.05 bits per heavy atom. The Morgan fingerprint density at radius 1 is 1.40 bits per heavy atom. The van der Waals surface area contributed by atoms with Gasteiger partial charge in [0.2, 0.25) is 0 Å². The fourth-order valence-corrected chi connectivity index (χ4v) is 1.41. The molecule has 0 aromatic carbocycles. The molecule has 0 aliphatic rings. The Bertz CT molecular complexity index is 606. The molecule has 3 N–H and O–H groups in total. The lowest BCUT2D eigenvalue weighted by molar-refractivity contribution is -0.145. The van der Waals surface area contributed by atoms with Crippen molar-refractivity contribution in [2.24, 2.45) is 0 Å². The van der Waals surface area contributed by atoms with Gasteiger partial charge < -0.3 is 15.5 Å². The number of nitriles is 1. The minimum Gasteiger partial charge on any atom is -0.481 e. The summed E-state index contributed by atoms with van der Waals surface area (Å²) >= 11 is 0. The predicted molar refractivity (Wildman–Crippen MR) is 64.8 cm³/mol. The maximum Gasteiger partial charge on any atom is 0.326 e. The lowest BCUT2D eigenvalue weighted by atomic mass is 10.1. The third-order valence-electron chi connectivity index (χ3n) is 2.42. The van der Waals surface area contributed by atoms with Gasteiger partial charge in [0.25, 0.3) is 5.91 Å². The summed E-state index contributed by atoms with van der Waals surface area (Å²) in [6.07, 6.45) is -0.740. The van der Waals surface area contributed by atoms with E-state index in [4.69, 9.17) is 15.5 Å². The first-order valence-corrected chi connectivity index (χ1v) is 5.48. The van der Waals surface area contributed by atoms with Crippen molar-refractivity contribution in [3.05, 3.63) is 29.1 Å². The summed E-state index contributed by atoms with van der Waals surface area (Å²) in [6, 6.07) is 2.98. The van der Waals surface area contributed by atoms with E-state index in [1.54, 1.807) is 0 Å². The molecule has 8 nitrogen and oxygen atoms in total. The number of carbonyl (C=O) groups is 3. The average molecular weight is 277 g/mol. The SMILES string of the molecule is Cc1nc(C(=O)N[C@H](CC(=O)O)C(=O)O)ccc1C#N. The second-order valence-electron chi connectivity index (χ2n) is 3.90. The maximum atomic E-state index is 11.8. The van der Waals surface area contributed by atoms with Crippen molar-refractivity contribution in [2.75, 3.05) is 0 Å². The van der Waals surface area contributed by atoms with Crippen molar-refractivity contribution < 1.29 is 24.6 Å². The fourth-order valence-electron chi connectivity index (χ4n) is 1.41. The normalized spacial score (nSPS) is 11.2. The van der Waals surface area contributed by atoms with Gasteiger partial charge in [0, 0.05) is 0 Å². The van der Waals surface area contributed by atoms with Crippen LogP contribution in [0.1, 0.15) is 28.2 Å². The summed E-state index contributed by atoms with van der Waals surface area (Å²) in [4.78, 5) is 37.0. The van der Waals surface area contributed by atoms with Crippen LogP contribution in [0.4, 0.5) is 0 Å². The molecular weight excluding hydrogens is 266 g/mol. The Hall–Kier alpha value is -2.95. The fraction of sp³-hybridized carbons (Fsp3) is 0.250. The number of aryl methyl sites for hydroxylation is 1. The summed E-state index contributed by atoms with van der Waals surface area (Å²) < 4.78 is 0. The van der Waals surface area contributed by atoms with Crippen molar-refractivity contribution in [3.63, 3.8) is 0 Å². The number of amides is 1. The maximum absolute atomic E-state index is 11.8. The molecule has 104 valence electrons. The number of hydrogen-bond acceptors (Lipinski definition) is 5. The summed E-state index contributed by atoms with van der Waals surface area (Å²) in [5, 5.41) is 28.2. The summed E-state index contributed by atoms with van der Waals surface area (Å²) in [7, 11) is 0. The van der Waals surface area contributed by atoms with Gasteiger partial charge in [0.05, 0.1) is 17.7 Å². The van der Waals surface area contributed by atoms with E-state index in [-0.39, 0.29) is 5.69 Å². The molecule has 0 radical (unpaired) electrons. The van der Waals surface area contributed by atoms with Crippen LogP contribution >= 0.6 is 0 Å². The van der Waals surface area contributed by atoms with E-state index in [1.807, 2.05) is 6.07 Å². The first-order chi connectivity index (χ1) is 9.35. The second-order valence-corrected chi connectivity index (χ2v) is 3.90. The van der Waals surface area contributed by atoms with Gasteiger partial charge in [-0.25, -0.2) is 9.78 Å². The van der Waals surface area contributed by atoms with Gasteiger partial charge in [-0.3, -0.25) is 9.59 Å². The molecule has 0 aliphatic heterocycles. The Morgan fingerprint density at radius 3 is 2.50 bits per heavy atom. The molecule has 0 fully saturated rings. The van der Waals surface area contributed by atoms with Crippen molar-refractivity contribution >= 4 is 17.8 Å². The number of carbonyl (C=O) groups excluding carboxylic acids is 1. The standard InChI is InChI=1S/C12H11N3O5/c1-6-7(5-13)2-3-8(14-6)11(18)15-9(12(19)20)4-10(16)17/h2-3,9H,4H2,1H3,(H,15,18)(H,16,17)(H,19,20)/t9-/m1/s1. The topological polar surface area (TPSA) is 140 Å². The molecule has 1 rings (SSSR count). The lowest BCUT2D eigenvalue weighted by Crippen LogP contribution is -2.42. The van der Waals surface area contributed by atoms with Gasteiger partial charge in [-0.1, -0.05) is 0 Å². The van der Waals surface area contributed by atoms with Crippen LogP contribution in [0.5, 0.6) is 0 Å². The minimum atomic E-state index is -1.54. The third-order valence-corrected chi connectivity index (χ3v) is 2.42. The average Bonchev–Trinajstić information content (AvgIpc) is 2.37. The number of aliphatic carboxylic acids is 2. The molecule has 0 saturated heterocycles. The van der Waals surface area contributed by atoms with Crippen LogP contribution in [0, 0.1) is 18.3 Å². The molecular formula is C12H11N3O5. The number of aromatic nitrogens is 1. The molecule has 20 heavy (non-hydrogen) atoms. The van der Waals surface area contributed by atoms with Crippen molar-refractivity contribution in [1.82, 2.24) is 10.3 Å². The number of carboxylic acids is 2. The van der Waals surface area contributed by atoms with E-state index >= 15 is 0 Å². The van der Waals surface area contributed by atoms with Crippen molar-refractivity contribution in [3.8, 4) is 6.07 Å². The summed E-state index contributed by atoms with van der Waals surface area (Å²) in [5.74, 6) is -3.61. The first-order valence-electron chi connectivity index (χ1n) is 5.48. The van der Waals surface area contributed by atoms with Gasteiger partial charge in [-0.15, -0.1) is 0 Å². The molecule has 8 heteroatoms. The number of nitrogens with zero attached hydrogens (tertiary/aromatic N) is 2. The Kier molecular flexibility index (Phi) is 4.75. The van der Waals surface area contributed by atoms with E-state index in [0.717, 1.165) is 0 Å². The second kappa shape index (κ2) is 6.29. The van der Waals surface area contributed by atoms with Gasteiger partial charge in [-0.2, -0.15) is 5.26 Å². The highest BCUT2D eigenvalue weighted by Gasteiger charge is 2.24. The van der Waals surface area contributed by atoms with Crippen LogP contribution in [0.2, 0.25) is 0 Å². The summed E-state index contributed by atoms with van der Waals surface area (Å²) in [6.45, 7) is 1.53. The number of rotatable bonds is 5. The molecule has 1 amide bonds. The van der Waals surface area contributed by atoms with Crippen LogP contribution in [0.25, 0.3) is 0 Å². The highest BCUT2D eigenvalue weighted by Crippen LogP contribution is 2.06. The number of carboxylic acid groups (broad SMARTS) is 2. The van der Waals surface area contributed by atoms with Gasteiger partial charge >= 0.3 is 11.9 Å². The zero-order valence-corrected chi connectivity index (χ0v) is 10.5. The minimum absolute atomic E-state index is 0.0851. The molecule has 0 saturated carbocycles. The zero-order chi connectivity index (χ0) is 15.3. The molecule has 1 atom stereocenters. The smallest absolute Gasteiger partial charge is 0.326 e. The predicted octanol–water partition coefficient (Wildman–Crippen LogP) is -0.0806. The number of nitrogens with one attached hydrogen (secondary N) is 1. The van der Waals surface area contributed by atoms with Crippen LogP contribution in [-0.4, -0.2) is 39.1 Å². The first kappa shape index (κ1) is 15.1. The molecule has 0 bridgehead atoms. The van der Waals surface area contributed by atoms with Crippen LogP contribution < -0.4 is 5.32 Å². The highest BCUT2D eigenvalue weighted by molar-refractivity contribution is 5.96. The van der Waals surface area contributed by atoms with Crippen molar-refractivity contribution in [1.29, 1.82) is 5.26 Å². The van der Waals surface area contributed by atoms with E-state index < -0.39 is 30.3 Å². The molecule has 1 aromatic rings. The van der Waals surface area contributed by atoms with E-state index in [0.29, 0.717) is 11.3 Å². The van der Waals surface area contributed by atoms with Crippen molar-refractivity contribution in [2.45, 2.75) is 19.4 Å². The summed E-state index contributed by atoms with van der Waals surface area (Å²) in [5.41, 5.74) is 0.533. The van der Waals surface area contributed by atoms with Crippen LogP contribution in [-0.2, 0) is 9.59 Å². The molecule has 1 aromatic heterocycles. The highest BCUT2D eigenvalue weighted by atomic mass is 16.4. The zero-order valence-electron chi connectivity index (χ0n) is 10.5. The number of pyridine rings is 1. The van der Waals surface area contributed by atoms with E-state index in [1.165, 1.54) is 19.1 Å². The quantitative estimate of drug-likeness (QED) is 0.683. The third kappa shape index (κ3) is 3.78. The van der Waals surface area contributed by atoms with Gasteiger partial charge in [0.15, 0.2) is 0 Å². The molecule has 1 heterocycles. The number of hydrogen-bond donors (Lipinski definition) is 3. The van der Waals surface area contributed by atoms with E-state index in [2.05, 4.69) is 10.3 Å². The largest absolute Gasteiger partial charge is 0.481 e. The van der Waals surface area contributed by atoms with E-state index in [9.17, 15) is 14.4 Å². The van der Waals surface area contributed by atoms with Crippen LogP contribution in [0.3, 0.4) is 0 Å². The molecule has 0 aliphatic carbocycles. The lowest BCUT2D eigenvalue weighted by Gasteiger charge is -2.12. The van der Waals surface area contributed by atoms with Gasteiger partial charge in [-0.05, 0) is 19.1 Å². The monoisotopic (exact) mass is 277 g/mol. The van der Waals surface area contributed by atoms with Gasteiger partial charge in [0.1, 0.15) is 17.8 Å². The molecule has 0 unspecified atom stereocenters. The Labute approximate surface area is 113 Å². The van der Waals surface area contributed by atoms with Crippen LogP contribution in [0.15, 0.2) is 12.1 Å². The molecule has 0 spiro atoms.